The highest BCUT2D eigenvalue weighted by atomic mass is 32.1. The van der Waals surface area contributed by atoms with Gasteiger partial charge in [0, 0.05) is 10.9 Å². The number of benzene rings is 1. The van der Waals surface area contributed by atoms with Crippen LogP contribution in [0.25, 0.3) is 10.6 Å². The van der Waals surface area contributed by atoms with Gasteiger partial charge in [-0.25, -0.2) is 14.2 Å². The zero-order valence-electron chi connectivity index (χ0n) is 9.99. The van der Waals surface area contributed by atoms with Crippen LogP contribution in [-0.2, 0) is 10.9 Å². The van der Waals surface area contributed by atoms with Crippen molar-refractivity contribution in [1.29, 1.82) is 0 Å². The number of carbonyl (C=O) groups excluding carboxylic acids is 1. The highest BCUT2D eigenvalue weighted by molar-refractivity contribution is 7.13. The van der Waals surface area contributed by atoms with Crippen LogP contribution in [-0.4, -0.2) is 18.1 Å². The molecule has 2 rings (SSSR count). The van der Waals surface area contributed by atoms with E-state index in [1.165, 1.54) is 5.38 Å². The van der Waals surface area contributed by atoms with Crippen molar-refractivity contribution in [2.75, 3.05) is 7.11 Å². The molecule has 0 aliphatic heterocycles. The first-order valence-electron chi connectivity index (χ1n) is 5.24. The van der Waals surface area contributed by atoms with Crippen molar-refractivity contribution in [2.24, 2.45) is 0 Å². The van der Waals surface area contributed by atoms with Crippen molar-refractivity contribution in [3.63, 3.8) is 0 Å². The number of ether oxygens (including phenoxy) is 1. The summed E-state index contributed by atoms with van der Waals surface area (Å²) >= 11 is 0.807. The van der Waals surface area contributed by atoms with E-state index in [0.717, 1.165) is 30.6 Å². The molecule has 8 heteroatoms. The largest absolute Gasteiger partial charge is 0.464 e. The fourth-order valence-electron chi connectivity index (χ4n) is 1.54. The molecule has 0 saturated carbocycles. The summed E-state index contributed by atoms with van der Waals surface area (Å²) < 4.78 is 56.2. The number of hydrogen-bond acceptors (Lipinski definition) is 4. The first kappa shape index (κ1) is 14.4. The predicted molar refractivity (Wildman–Crippen MR) is 63.8 cm³/mol. The number of rotatable bonds is 2. The van der Waals surface area contributed by atoms with E-state index in [4.69, 9.17) is 0 Å². The molecule has 0 atom stereocenters. The normalized spacial score (nSPS) is 11.4. The minimum absolute atomic E-state index is 0.0998. The van der Waals surface area contributed by atoms with Crippen molar-refractivity contribution in [3.05, 3.63) is 40.7 Å². The Balaban J connectivity index is 2.54. The van der Waals surface area contributed by atoms with Crippen molar-refractivity contribution >= 4 is 17.3 Å². The van der Waals surface area contributed by atoms with E-state index in [2.05, 4.69) is 9.72 Å². The Morgan fingerprint density at radius 3 is 2.65 bits per heavy atom. The van der Waals surface area contributed by atoms with Gasteiger partial charge in [0.05, 0.1) is 12.7 Å². The summed E-state index contributed by atoms with van der Waals surface area (Å²) in [5.74, 6) is -1.58. The highest BCUT2D eigenvalue weighted by Crippen LogP contribution is 2.38. The molecule has 3 nitrogen and oxygen atoms in total. The molecule has 0 radical (unpaired) electrons. The number of hydrogen-bond donors (Lipinski definition) is 0. The Labute approximate surface area is 114 Å². The number of methoxy groups -OCH3 is 1. The van der Waals surface area contributed by atoms with E-state index in [-0.39, 0.29) is 10.7 Å². The number of thiazole rings is 1. The number of nitrogens with zero attached hydrogens (tertiary/aromatic N) is 1. The van der Waals surface area contributed by atoms with E-state index in [0.29, 0.717) is 6.07 Å². The van der Waals surface area contributed by atoms with Gasteiger partial charge >= 0.3 is 12.1 Å². The molecule has 106 valence electrons. The summed E-state index contributed by atoms with van der Waals surface area (Å²) in [6.07, 6.45) is -4.64. The summed E-state index contributed by atoms with van der Waals surface area (Å²) in [6, 6.07) is 2.10. The average molecular weight is 305 g/mol. The third-order valence-corrected chi connectivity index (χ3v) is 3.29. The number of halogens is 4. The maximum Gasteiger partial charge on any atom is 0.417 e. The minimum Gasteiger partial charge on any atom is -0.464 e. The molecule has 2 aromatic rings. The molecular formula is C12H7F4NO2S. The molecule has 0 N–H and O–H groups in total. The molecule has 0 bridgehead atoms. The SMILES string of the molecule is COC(=O)c1csc(-c2cc(F)ccc2C(F)(F)F)n1. The van der Waals surface area contributed by atoms with Gasteiger partial charge in [-0.3, -0.25) is 0 Å². The van der Waals surface area contributed by atoms with Gasteiger partial charge in [-0.15, -0.1) is 11.3 Å². The van der Waals surface area contributed by atoms with E-state index in [9.17, 15) is 22.4 Å². The van der Waals surface area contributed by atoms with E-state index in [1.807, 2.05) is 0 Å². The summed E-state index contributed by atoms with van der Waals surface area (Å²) in [4.78, 5) is 15.0. The zero-order chi connectivity index (χ0) is 14.9. The second kappa shape index (κ2) is 5.20. The van der Waals surface area contributed by atoms with Crippen LogP contribution in [0.15, 0.2) is 23.6 Å². The van der Waals surface area contributed by atoms with Crippen molar-refractivity contribution < 1.29 is 27.1 Å². The predicted octanol–water partition coefficient (Wildman–Crippen LogP) is 3.75. The summed E-state index contributed by atoms with van der Waals surface area (Å²) in [6.45, 7) is 0. The number of aromatic nitrogens is 1. The quantitative estimate of drug-likeness (QED) is 0.626. The molecule has 0 unspecified atom stereocenters. The molecule has 0 aliphatic carbocycles. The molecule has 1 aromatic heterocycles. The molecule has 1 heterocycles. The Morgan fingerprint density at radius 1 is 1.35 bits per heavy atom. The second-order valence-corrected chi connectivity index (χ2v) is 4.58. The third kappa shape index (κ3) is 2.79. The molecule has 1 aromatic carbocycles. The standard InChI is InChI=1S/C12H7F4NO2S/c1-19-11(18)9-5-20-10(17-9)7-4-6(13)2-3-8(7)12(14,15)16/h2-5H,1H3. The summed E-state index contributed by atoms with van der Waals surface area (Å²) in [5.41, 5.74) is -1.53. The van der Waals surface area contributed by atoms with Gasteiger partial charge in [0.1, 0.15) is 10.8 Å². The lowest BCUT2D eigenvalue weighted by Gasteiger charge is -2.10. The number of esters is 1. The zero-order valence-corrected chi connectivity index (χ0v) is 10.8. The van der Waals surface area contributed by atoms with Gasteiger partial charge in [-0.1, -0.05) is 0 Å². The van der Waals surface area contributed by atoms with Gasteiger partial charge in [-0.2, -0.15) is 13.2 Å². The van der Waals surface area contributed by atoms with Crippen molar-refractivity contribution in [3.8, 4) is 10.6 Å². The van der Waals surface area contributed by atoms with Gasteiger partial charge in [0.2, 0.25) is 0 Å². The highest BCUT2D eigenvalue weighted by Gasteiger charge is 2.34. The summed E-state index contributed by atoms with van der Waals surface area (Å²) in [7, 11) is 1.13. The maximum absolute atomic E-state index is 13.2. The van der Waals surface area contributed by atoms with Gasteiger partial charge in [-0.05, 0) is 18.2 Å². The molecule has 20 heavy (non-hydrogen) atoms. The van der Waals surface area contributed by atoms with Crippen molar-refractivity contribution in [1.82, 2.24) is 4.98 Å². The number of carbonyl (C=O) groups is 1. The van der Waals surface area contributed by atoms with Crippen LogP contribution in [0.3, 0.4) is 0 Å². The van der Waals surface area contributed by atoms with Crippen molar-refractivity contribution in [2.45, 2.75) is 6.18 Å². The average Bonchev–Trinajstić information content (AvgIpc) is 2.85. The molecule has 0 saturated heterocycles. The lowest BCUT2D eigenvalue weighted by molar-refractivity contribution is -0.137. The van der Waals surface area contributed by atoms with Crippen LogP contribution < -0.4 is 0 Å². The van der Waals surface area contributed by atoms with Crippen LogP contribution in [0.2, 0.25) is 0 Å². The molecular weight excluding hydrogens is 298 g/mol. The monoisotopic (exact) mass is 305 g/mol. The van der Waals surface area contributed by atoms with Gasteiger partial charge < -0.3 is 4.74 Å². The van der Waals surface area contributed by atoms with E-state index >= 15 is 0 Å². The Morgan fingerprint density at radius 2 is 2.05 bits per heavy atom. The first-order chi connectivity index (χ1) is 9.32. The molecule has 0 fully saturated rings. The fraction of sp³-hybridized carbons (Fsp3) is 0.167. The minimum atomic E-state index is -4.64. The number of alkyl halides is 3. The maximum atomic E-state index is 13.2. The first-order valence-corrected chi connectivity index (χ1v) is 6.12. The van der Waals surface area contributed by atoms with Crippen LogP contribution in [0.5, 0.6) is 0 Å². The topological polar surface area (TPSA) is 39.2 Å². The Kier molecular flexibility index (Phi) is 3.76. The van der Waals surface area contributed by atoms with Crippen LogP contribution >= 0.6 is 11.3 Å². The summed E-state index contributed by atoms with van der Waals surface area (Å²) in [5, 5.41) is 1.16. The van der Waals surface area contributed by atoms with E-state index in [1.54, 1.807) is 0 Å². The fourth-order valence-corrected chi connectivity index (χ4v) is 2.36. The van der Waals surface area contributed by atoms with E-state index < -0.39 is 29.1 Å². The Bertz CT molecular complexity index is 651. The van der Waals surface area contributed by atoms with Gasteiger partial charge in [0.15, 0.2) is 5.69 Å². The molecule has 0 amide bonds. The molecule has 0 spiro atoms. The lowest BCUT2D eigenvalue weighted by Crippen LogP contribution is -2.07. The lowest BCUT2D eigenvalue weighted by atomic mass is 10.1. The Hall–Kier alpha value is -1.96. The van der Waals surface area contributed by atoms with Gasteiger partial charge in [0.25, 0.3) is 0 Å². The van der Waals surface area contributed by atoms with Crippen LogP contribution in [0.1, 0.15) is 16.1 Å². The third-order valence-electron chi connectivity index (χ3n) is 2.42. The smallest absolute Gasteiger partial charge is 0.417 e. The molecule has 0 aliphatic rings. The second-order valence-electron chi connectivity index (χ2n) is 3.72. The van der Waals surface area contributed by atoms with Crippen LogP contribution in [0, 0.1) is 5.82 Å². The van der Waals surface area contributed by atoms with Crippen LogP contribution in [0.4, 0.5) is 17.6 Å².